The number of hydrogen-bond donors (Lipinski definition) is 1. The molecular weight excluding hydrogens is 258 g/mol. The van der Waals surface area contributed by atoms with Crippen LogP contribution in [0.5, 0.6) is 5.75 Å². The number of hydrogen-bond acceptors (Lipinski definition) is 5. The van der Waals surface area contributed by atoms with E-state index in [1.165, 1.54) is 19.6 Å². The summed E-state index contributed by atoms with van der Waals surface area (Å²) in [6.45, 7) is 6.32. The van der Waals surface area contributed by atoms with Crippen molar-refractivity contribution < 1.29 is 9.66 Å². The van der Waals surface area contributed by atoms with Crippen LogP contribution in [0.2, 0.25) is 0 Å². The summed E-state index contributed by atoms with van der Waals surface area (Å²) in [6.07, 6.45) is 1.17. The van der Waals surface area contributed by atoms with Crippen LogP contribution in [-0.4, -0.2) is 43.1 Å². The number of benzene rings is 1. The molecule has 0 aromatic heterocycles. The fourth-order valence-corrected chi connectivity index (χ4v) is 2.54. The molecule has 6 heteroatoms. The Balaban J connectivity index is 1.98. The zero-order chi connectivity index (χ0) is 14.5. The first-order valence-corrected chi connectivity index (χ1v) is 6.92. The number of non-ortho nitro benzene ring substituents is 1. The molecule has 1 unspecified atom stereocenters. The van der Waals surface area contributed by atoms with Gasteiger partial charge in [-0.05, 0) is 25.4 Å². The smallest absolute Gasteiger partial charge is 0.275 e. The molecule has 0 radical (unpaired) electrons. The minimum atomic E-state index is -0.401. The van der Waals surface area contributed by atoms with Gasteiger partial charge in [-0.2, -0.15) is 0 Å². The number of nitrogens with zero attached hydrogens (tertiary/aromatic N) is 2. The quantitative estimate of drug-likeness (QED) is 0.639. The van der Waals surface area contributed by atoms with E-state index in [0.29, 0.717) is 11.7 Å². The number of methoxy groups -OCH3 is 1. The van der Waals surface area contributed by atoms with Gasteiger partial charge in [0.1, 0.15) is 5.75 Å². The van der Waals surface area contributed by atoms with Gasteiger partial charge in [0, 0.05) is 30.9 Å². The van der Waals surface area contributed by atoms with Crippen LogP contribution in [0.4, 0.5) is 11.4 Å². The third-order valence-electron chi connectivity index (χ3n) is 3.75. The van der Waals surface area contributed by atoms with E-state index in [-0.39, 0.29) is 5.69 Å². The van der Waals surface area contributed by atoms with Crippen molar-refractivity contribution in [2.45, 2.75) is 13.3 Å². The molecule has 1 aliphatic heterocycles. The normalized spacial score (nSPS) is 19.0. The van der Waals surface area contributed by atoms with Crippen molar-refractivity contribution in [3.63, 3.8) is 0 Å². The number of nitrogens with one attached hydrogen (secondary N) is 1. The number of anilines is 1. The fourth-order valence-electron chi connectivity index (χ4n) is 2.54. The average molecular weight is 279 g/mol. The number of likely N-dealkylation sites (tertiary alicyclic amines) is 1. The summed E-state index contributed by atoms with van der Waals surface area (Å²) in [4.78, 5) is 12.9. The van der Waals surface area contributed by atoms with Gasteiger partial charge in [-0.25, -0.2) is 0 Å². The molecule has 1 N–H and O–H groups in total. The van der Waals surface area contributed by atoms with Crippen LogP contribution in [0.15, 0.2) is 18.2 Å². The second-order valence-electron chi connectivity index (χ2n) is 5.11. The van der Waals surface area contributed by atoms with E-state index >= 15 is 0 Å². The van der Waals surface area contributed by atoms with E-state index in [1.54, 1.807) is 12.1 Å². The van der Waals surface area contributed by atoms with Crippen LogP contribution in [0.1, 0.15) is 13.3 Å². The predicted octanol–water partition coefficient (Wildman–Crippen LogP) is 2.36. The van der Waals surface area contributed by atoms with Crippen molar-refractivity contribution in [3.05, 3.63) is 28.3 Å². The molecular formula is C14H21N3O3. The Morgan fingerprint density at radius 1 is 1.50 bits per heavy atom. The van der Waals surface area contributed by atoms with Gasteiger partial charge in [0.2, 0.25) is 0 Å². The standard InChI is InChI=1S/C14H21N3O3/c1-3-16-5-4-11(10-16)9-15-12-6-13(17(18)19)8-14(7-12)20-2/h6-8,11,15H,3-5,9-10H2,1-2H3. The second-order valence-corrected chi connectivity index (χ2v) is 5.11. The maximum absolute atomic E-state index is 10.9. The Hall–Kier alpha value is -1.82. The van der Waals surface area contributed by atoms with E-state index in [4.69, 9.17) is 4.74 Å². The van der Waals surface area contributed by atoms with Gasteiger partial charge < -0.3 is 15.0 Å². The van der Waals surface area contributed by atoms with E-state index in [0.717, 1.165) is 31.9 Å². The second kappa shape index (κ2) is 6.56. The van der Waals surface area contributed by atoms with E-state index < -0.39 is 4.92 Å². The molecule has 6 nitrogen and oxygen atoms in total. The molecule has 0 bridgehead atoms. The third kappa shape index (κ3) is 3.60. The molecule has 0 amide bonds. The lowest BCUT2D eigenvalue weighted by Gasteiger charge is -2.14. The fraction of sp³-hybridized carbons (Fsp3) is 0.571. The molecule has 20 heavy (non-hydrogen) atoms. The van der Waals surface area contributed by atoms with Gasteiger partial charge in [-0.15, -0.1) is 0 Å². The van der Waals surface area contributed by atoms with E-state index in [9.17, 15) is 10.1 Å². The van der Waals surface area contributed by atoms with Crippen molar-refractivity contribution in [2.24, 2.45) is 5.92 Å². The summed E-state index contributed by atoms with van der Waals surface area (Å²) in [6, 6.07) is 4.77. The topological polar surface area (TPSA) is 67.6 Å². The molecule has 1 heterocycles. The summed E-state index contributed by atoms with van der Waals surface area (Å²) in [5.74, 6) is 1.10. The molecule has 0 saturated carbocycles. The highest BCUT2D eigenvalue weighted by Gasteiger charge is 2.21. The van der Waals surface area contributed by atoms with Gasteiger partial charge in [0.05, 0.1) is 18.1 Å². The molecule has 1 saturated heterocycles. The van der Waals surface area contributed by atoms with Crippen LogP contribution >= 0.6 is 0 Å². The van der Waals surface area contributed by atoms with Gasteiger partial charge in [-0.1, -0.05) is 6.92 Å². The molecule has 0 aliphatic carbocycles. The highest BCUT2D eigenvalue weighted by Crippen LogP contribution is 2.26. The van der Waals surface area contributed by atoms with Gasteiger partial charge >= 0.3 is 0 Å². The van der Waals surface area contributed by atoms with E-state index in [2.05, 4.69) is 17.1 Å². The van der Waals surface area contributed by atoms with Crippen LogP contribution in [-0.2, 0) is 0 Å². The van der Waals surface area contributed by atoms with Crippen molar-refractivity contribution >= 4 is 11.4 Å². The molecule has 1 aromatic rings. The monoisotopic (exact) mass is 279 g/mol. The lowest BCUT2D eigenvalue weighted by atomic mass is 10.1. The van der Waals surface area contributed by atoms with Crippen molar-refractivity contribution in [1.82, 2.24) is 4.90 Å². The Bertz CT molecular complexity index is 479. The van der Waals surface area contributed by atoms with Crippen molar-refractivity contribution in [2.75, 3.05) is 38.6 Å². The summed E-state index contributed by atoms with van der Waals surface area (Å²) in [7, 11) is 1.51. The third-order valence-corrected chi connectivity index (χ3v) is 3.75. The maximum Gasteiger partial charge on any atom is 0.275 e. The van der Waals surface area contributed by atoms with Crippen molar-refractivity contribution in [1.29, 1.82) is 0 Å². The van der Waals surface area contributed by atoms with Gasteiger partial charge in [0.15, 0.2) is 0 Å². The summed E-state index contributed by atoms with van der Waals surface area (Å²) in [5.41, 5.74) is 0.791. The highest BCUT2D eigenvalue weighted by molar-refractivity contribution is 5.56. The van der Waals surface area contributed by atoms with Gasteiger partial charge in [0.25, 0.3) is 5.69 Å². The predicted molar refractivity (Wildman–Crippen MR) is 78.4 cm³/mol. The Morgan fingerprint density at radius 3 is 2.90 bits per heavy atom. The largest absolute Gasteiger partial charge is 0.496 e. The lowest BCUT2D eigenvalue weighted by Crippen LogP contribution is -2.22. The zero-order valence-corrected chi connectivity index (χ0v) is 12.0. The Kier molecular flexibility index (Phi) is 4.79. The van der Waals surface area contributed by atoms with E-state index in [1.807, 2.05) is 0 Å². The Morgan fingerprint density at radius 2 is 2.30 bits per heavy atom. The Labute approximate surface area is 118 Å². The molecule has 110 valence electrons. The average Bonchev–Trinajstić information content (AvgIpc) is 2.92. The first-order chi connectivity index (χ1) is 9.62. The summed E-state index contributed by atoms with van der Waals surface area (Å²) in [5, 5.41) is 14.2. The molecule has 2 rings (SSSR count). The summed E-state index contributed by atoms with van der Waals surface area (Å²) < 4.78 is 5.10. The molecule has 1 aromatic carbocycles. The molecule has 1 atom stereocenters. The lowest BCUT2D eigenvalue weighted by molar-refractivity contribution is -0.384. The van der Waals surface area contributed by atoms with Crippen LogP contribution in [0, 0.1) is 16.0 Å². The SMILES string of the molecule is CCN1CCC(CNc2cc(OC)cc([N+](=O)[O-])c2)C1. The number of nitro groups is 1. The zero-order valence-electron chi connectivity index (χ0n) is 12.0. The van der Waals surface area contributed by atoms with Crippen LogP contribution in [0.3, 0.4) is 0 Å². The minimum absolute atomic E-state index is 0.0495. The summed E-state index contributed by atoms with van der Waals surface area (Å²) >= 11 is 0. The number of rotatable bonds is 6. The molecule has 1 fully saturated rings. The number of nitro benzene ring substituents is 1. The van der Waals surface area contributed by atoms with Crippen molar-refractivity contribution in [3.8, 4) is 5.75 Å². The first kappa shape index (κ1) is 14.6. The molecule has 1 aliphatic rings. The highest BCUT2D eigenvalue weighted by atomic mass is 16.6. The van der Waals surface area contributed by atoms with Crippen LogP contribution < -0.4 is 10.1 Å². The molecule has 0 spiro atoms. The maximum atomic E-state index is 10.9. The van der Waals surface area contributed by atoms with Gasteiger partial charge in [-0.3, -0.25) is 10.1 Å². The number of ether oxygens (including phenoxy) is 1. The first-order valence-electron chi connectivity index (χ1n) is 6.92. The minimum Gasteiger partial charge on any atom is -0.496 e. The van der Waals surface area contributed by atoms with Crippen LogP contribution in [0.25, 0.3) is 0 Å².